The van der Waals surface area contributed by atoms with Gasteiger partial charge in [-0.3, -0.25) is 4.79 Å². The number of rotatable bonds is 8. The lowest BCUT2D eigenvalue weighted by molar-refractivity contribution is -0.137. The Morgan fingerprint density at radius 2 is 1.89 bits per heavy atom. The first kappa shape index (κ1) is 15.1. The van der Waals surface area contributed by atoms with E-state index in [0.29, 0.717) is 17.9 Å². The Hall–Kier alpha value is -1.91. The molecule has 0 spiro atoms. The topological polar surface area (TPSA) is 59.0 Å². The molecule has 0 bridgehead atoms. The number of unbranched alkanes of at least 4 members (excludes halogenated alkanes) is 1. The molecule has 0 heterocycles. The largest absolute Gasteiger partial charge is 0.493 e. The Labute approximate surface area is 113 Å². The molecule has 5 heteroatoms. The standard InChI is InChI=1S/C14H21NO4/c1-15(9-5-4-6-14(16)17)11-7-8-12(18-2)13(10-11)19-3/h7-8,10H,4-6,9H2,1-3H3,(H,16,17). The average Bonchev–Trinajstić information content (AvgIpc) is 2.42. The molecule has 0 aromatic heterocycles. The van der Waals surface area contributed by atoms with Crippen molar-refractivity contribution in [3.8, 4) is 11.5 Å². The number of carboxylic acids is 1. The van der Waals surface area contributed by atoms with Gasteiger partial charge in [0.2, 0.25) is 0 Å². The highest BCUT2D eigenvalue weighted by Crippen LogP contribution is 2.31. The highest BCUT2D eigenvalue weighted by molar-refractivity contribution is 5.66. The van der Waals surface area contributed by atoms with Crippen LogP contribution in [0.15, 0.2) is 18.2 Å². The lowest BCUT2D eigenvalue weighted by atomic mass is 10.2. The zero-order valence-corrected chi connectivity index (χ0v) is 11.7. The number of carbonyl (C=O) groups is 1. The summed E-state index contributed by atoms with van der Waals surface area (Å²) in [6.07, 6.45) is 1.75. The second kappa shape index (κ2) is 7.51. The summed E-state index contributed by atoms with van der Waals surface area (Å²) in [6, 6.07) is 5.73. The number of methoxy groups -OCH3 is 2. The summed E-state index contributed by atoms with van der Waals surface area (Å²) < 4.78 is 10.4. The van der Waals surface area contributed by atoms with Crippen molar-refractivity contribution in [2.45, 2.75) is 19.3 Å². The van der Waals surface area contributed by atoms with Gasteiger partial charge < -0.3 is 19.5 Å². The van der Waals surface area contributed by atoms with Crippen LogP contribution in [0.3, 0.4) is 0 Å². The van der Waals surface area contributed by atoms with Crippen molar-refractivity contribution >= 4 is 11.7 Å². The van der Waals surface area contributed by atoms with Gasteiger partial charge in [0.1, 0.15) is 0 Å². The normalized spacial score (nSPS) is 10.1. The molecule has 1 rings (SSSR count). The maximum atomic E-state index is 10.4. The Morgan fingerprint density at radius 3 is 2.47 bits per heavy atom. The van der Waals surface area contributed by atoms with E-state index in [0.717, 1.165) is 18.7 Å². The number of nitrogens with zero attached hydrogens (tertiary/aromatic N) is 1. The lowest BCUT2D eigenvalue weighted by Crippen LogP contribution is -2.18. The fraction of sp³-hybridized carbons (Fsp3) is 0.500. The van der Waals surface area contributed by atoms with E-state index in [1.165, 1.54) is 0 Å². The smallest absolute Gasteiger partial charge is 0.303 e. The van der Waals surface area contributed by atoms with Gasteiger partial charge in [-0.1, -0.05) is 0 Å². The Kier molecular flexibility index (Phi) is 5.99. The second-order valence-electron chi connectivity index (χ2n) is 4.31. The number of carboxylic acid groups (broad SMARTS) is 1. The van der Waals surface area contributed by atoms with E-state index in [2.05, 4.69) is 4.90 Å². The van der Waals surface area contributed by atoms with Gasteiger partial charge in [-0.2, -0.15) is 0 Å². The Morgan fingerprint density at radius 1 is 1.21 bits per heavy atom. The molecule has 0 aliphatic rings. The van der Waals surface area contributed by atoms with Crippen molar-refractivity contribution in [3.05, 3.63) is 18.2 Å². The van der Waals surface area contributed by atoms with Crippen LogP contribution in [0.5, 0.6) is 11.5 Å². The molecule has 0 unspecified atom stereocenters. The van der Waals surface area contributed by atoms with Crippen LogP contribution in [0.25, 0.3) is 0 Å². The monoisotopic (exact) mass is 267 g/mol. The minimum atomic E-state index is -0.742. The van der Waals surface area contributed by atoms with E-state index in [-0.39, 0.29) is 6.42 Å². The maximum absolute atomic E-state index is 10.4. The fourth-order valence-electron chi connectivity index (χ4n) is 1.82. The summed E-state index contributed by atoms with van der Waals surface area (Å²) in [5.74, 6) is 0.650. The number of hydrogen-bond donors (Lipinski definition) is 1. The van der Waals surface area contributed by atoms with E-state index in [4.69, 9.17) is 14.6 Å². The zero-order chi connectivity index (χ0) is 14.3. The number of anilines is 1. The van der Waals surface area contributed by atoms with Crippen molar-refractivity contribution in [3.63, 3.8) is 0 Å². The fourth-order valence-corrected chi connectivity index (χ4v) is 1.82. The Balaban J connectivity index is 2.56. The number of hydrogen-bond acceptors (Lipinski definition) is 4. The summed E-state index contributed by atoms with van der Waals surface area (Å²) in [5.41, 5.74) is 1.02. The van der Waals surface area contributed by atoms with Gasteiger partial charge in [0, 0.05) is 31.8 Å². The molecule has 5 nitrogen and oxygen atoms in total. The first-order chi connectivity index (χ1) is 9.08. The minimum absolute atomic E-state index is 0.222. The van der Waals surface area contributed by atoms with Crippen LogP contribution in [-0.2, 0) is 4.79 Å². The molecule has 1 aromatic rings. The van der Waals surface area contributed by atoms with Crippen LogP contribution in [0.2, 0.25) is 0 Å². The molecular formula is C14H21NO4. The molecule has 0 aliphatic carbocycles. The van der Waals surface area contributed by atoms with Crippen LogP contribution in [0.4, 0.5) is 5.69 Å². The van der Waals surface area contributed by atoms with Gasteiger partial charge in [0.25, 0.3) is 0 Å². The minimum Gasteiger partial charge on any atom is -0.493 e. The van der Waals surface area contributed by atoms with Gasteiger partial charge in [0.05, 0.1) is 14.2 Å². The highest BCUT2D eigenvalue weighted by Gasteiger charge is 2.07. The van der Waals surface area contributed by atoms with Crippen LogP contribution < -0.4 is 14.4 Å². The van der Waals surface area contributed by atoms with E-state index in [1.807, 2.05) is 25.2 Å². The summed E-state index contributed by atoms with van der Waals surface area (Å²) in [5, 5.41) is 8.58. The molecule has 0 saturated heterocycles. The third kappa shape index (κ3) is 4.69. The van der Waals surface area contributed by atoms with E-state index in [9.17, 15) is 4.79 Å². The maximum Gasteiger partial charge on any atom is 0.303 e. The van der Waals surface area contributed by atoms with Crippen molar-refractivity contribution in [2.24, 2.45) is 0 Å². The third-order valence-corrected chi connectivity index (χ3v) is 2.94. The van der Waals surface area contributed by atoms with Crippen molar-refractivity contribution in [2.75, 3.05) is 32.7 Å². The van der Waals surface area contributed by atoms with Gasteiger partial charge in [0.15, 0.2) is 11.5 Å². The summed E-state index contributed by atoms with van der Waals surface area (Å²) in [4.78, 5) is 12.5. The van der Waals surface area contributed by atoms with E-state index >= 15 is 0 Å². The predicted octanol–water partition coefficient (Wildman–Crippen LogP) is 2.39. The van der Waals surface area contributed by atoms with Crippen molar-refractivity contribution in [1.29, 1.82) is 0 Å². The first-order valence-corrected chi connectivity index (χ1v) is 6.23. The molecule has 19 heavy (non-hydrogen) atoms. The molecule has 0 saturated carbocycles. The third-order valence-electron chi connectivity index (χ3n) is 2.94. The quantitative estimate of drug-likeness (QED) is 0.733. The molecular weight excluding hydrogens is 246 g/mol. The van der Waals surface area contributed by atoms with Gasteiger partial charge in [-0.15, -0.1) is 0 Å². The lowest BCUT2D eigenvalue weighted by Gasteiger charge is -2.20. The van der Waals surface area contributed by atoms with E-state index in [1.54, 1.807) is 14.2 Å². The van der Waals surface area contributed by atoms with Gasteiger partial charge >= 0.3 is 5.97 Å². The molecule has 1 aromatic carbocycles. The summed E-state index contributed by atoms with van der Waals surface area (Å²) in [7, 11) is 5.18. The van der Waals surface area contributed by atoms with Gasteiger partial charge in [-0.25, -0.2) is 0 Å². The summed E-state index contributed by atoms with van der Waals surface area (Å²) >= 11 is 0. The van der Waals surface area contributed by atoms with Crippen molar-refractivity contribution in [1.82, 2.24) is 0 Å². The number of benzene rings is 1. The van der Waals surface area contributed by atoms with Crippen LogP contribution >= 0.6 is 0 Å². The summed E-state index contributed by atoms with van der Waals surface area (Å²) in [6.45, 7) is 0.808. The first-order valence-electron chi connectivity index (χ1n) is 6.23. The van der Waals surface area contributed by atoms with Crippen LogP contribution in [0, 0.1) is 0 Å². The SMILES string of the molecule is COc1ccc(N(C)CCCCC(=O)O)cc1OC. The Bertz CT molecular complexity index is 420. The molecule has 106 valence electrons. The molecule has 1 N–H and O–H groups in total. The molecule has 0 radical (unpaired) electrons. The number of ether oxygens (including phenoxy) is 2. The predicted molar refractivity (Wildman–Crippen MR) is 74.3 cm³/mol. The van der Waals surface area contributed by atoms with Crippen LogP contribution in [-0.4, -0.2) is 38.9 Å². The molecule has 0 amide bonds. The van der Waals surface area contributed by atoms with Crippen LogP contribution in [0.1, 0.15) is 19.3 Å². The molecule has 0 fully saturated rings. The van der Waals surface area contributed by atoms with E-state index < -0.39 is 5.97 Å². The van der Waals surface area contributed by atoms with Crippen molar-refractivity contribution < 1.29 is 19.4 Å². The average molecular weight is 267 g/mol. The number of aliphatic carboxylic acids is 1. The second-order valence-corrected chi connectivity index (χ2v) is 4.31. The zero-order valence-electron chi connectivity index (χ0n) is 11.7. The molecule has 0 aliphatic heterocycles. The molecule has 0 atom stereocenters. The highest BCUT2D eigenvalue weighted by atomic mass is 16.5. The van der Waals surface area contributed by atoms with Gasteiger partial charge in [-0.05, 0) is 25.0 Å².